The van der Waals surface area contributed by atoms with E-state index in [0.717, 1.165) is 17.3 Å². The van der Waals surface area contributed by atoms with Crippen LogP contribution in [0.1, 0.15) is 15.9 Å². The SMILES string of the molecule is O=C(CSc1n[nH]c(=O)n1CCc1ccccc1)NNC(=O)c1ccc([N+](=O)[O-])cc1. The summed E-state index contributed by atoms with van der Waals surface area (Å²) in [6.45, 7) is 0.403. The number of nitrogens with one attached hydrogen (secondary N) is 3. The first-order valence-corrected chi connectivity index (χ1v) is 10.1. The summed E-state index contributed by atoms with van der Waals surface area (Å²) in [5.41, 5.74) is 5.19. The third-order valence-corrected chi connectivity index (χ3v) is 5.15. The number of nitro benzene ring substituents is 1. The number of carbonyl (C=O) groups is 2. The average molecular weight is 442 g/mol. The molecule has 0 aliphatic heterocycles. The number of hydrogen-bond acceptors (Lipinski definition) is 7. The Morgan fingerprint density at radius 2 is 1.81 bits per heavy atom. The van der Waals surface area contributed by atoms with Crippen LogP contribution in [-0.2, 0) is 17.8 Å². The van der Waals surface area contributed by atoms with Gasteiger partial charge in [0.15, 0.2) is 5.16 Å². The Hall–Kier alpha value is -3.93. The zero-order valence-electron chi connectivity index (χ0n) is 16.1. The van der Waals surface area contributed by atoms with Gasteiger partial charge in [-0.3, -0.25) is 35.1 Å². The summed E-state index contributed by atoms with van der Waals surface area (Å²) in [6.07, 6.45) is 0.630. The maximum absolute atomic E-state index is 12.0. The molecule has 12 heteroatoms. The van der Waals surface area contributed by atoms with Crippen molar-refractivity contribution >= 4 is 29.3 Å². The molecule has 0 saturated carbocycles. The Morgan fingerprint density at radius 3 is 2.48 bits per heavy atom. The molecule has 0 unspecified atom stereocenters. The van der Waals surface area contributed by atoms with Crippen LogP contribution in [-0.4, -0.2) is 37.3 Å². The number of hydrogen-bond donors (Lipinski definition) is 3. The molecule has 0 fully saturated rings. The van der Waals surface area contributed by atoms with Gasteiger partial charge in [-0.15, -0.1) is 5.10 Å². The molecule has 0 radical (unpaired) electrons. The number of nitro groups is 1. The molecule has 3 N–H and O–H groups in total. The third kappa shape index (κ3) is 6.02. The van der Waals surface area contributed by atoms with Crippen LogP contribution in [0.4, 0.5) is 5.69 Å². The van der Waals surface area contributed by atoms with Crippen molar-refractivity contribution in [3.63, 3.8) is 0 Å². The zero-order chi connectivity index (χ0) is 22.2. The maximum atomic E-state index is 12.0. The van der Waals surface area contributed by atoms with E-state index in [-0.39, 0.29) is 22.7 Å². The van der Waals surface area contributed by atoms with Gasteiger partial charge in [0.1, 0.15) is 0 Å². The minimum absolute atomic E-state index is 0.0871. The Kier molecular flexibility index (Phi) is 7.17. The summed E-state index contributed by atoms with van der Waals surface area (Å²) < 4.78 is 1.44. The quantitative estimate of drug-likeness (QED) is 0.270. The van der Waals surface area contributed by atoms with Crippen molar-refractivity contribution in [3.8, 4) is 0 Å². The minimum atomic E-state index is -0.618. The standard InChI is InChI=1S/C19H18N6O5S/c26-16(20-21-17(27)14-6-8-15(9-7-14)25(29)30)12-31-19-23-22-18(28)24(19)11-10-13-4-2-1-3-5-13/h1-9H,10-12H2,(H,20,26)(H,21,27)(H,22,28). The largest absolute Gasteiger partial charge is 0.343 e. The van der Waals surface area contributed by atoms with E-state index in [4.69, 9.17) is 0 Å². The second kappa shape index (κ2) is 10.2. The van der Waals surface area contributed by atoms with Crippen molar-refractivity contribution < 1.29 is 14.5 Å². The molecule has 1 heterocycles. The Balaban J connectivity index is 1.49. The van der Waals surface area contributed by atoms with Crippen molar-refractivity contribution in [2.75, 3.05) is 5.75 Å². The summed E-state index contributed by atoms with van der Waals surface area (Å²) in [5.74, 6) is -1.21. The lowest BCUT2D eigenvalue weighted by Gasteiger charge is -2.08. The number of rotatable bonds is 8. The highest BCUT2D eigenvalue weighted by Gasteiger charge is 2.13. The van der Waals surface area contributed by atoms with Crippen molar-refractivity contribution in [1.82, 2.24) is 25.6 Å². The number of H-pyrrole nitrogens is 1. The van der Waals surface area contributed by atoms with E-state index in [1.54, 1.807) is 0 Å². The van der Waals surface area contributed by atoms with Crippen molar-refractivity contribution in [2.45, 2.75) is 18.1 Å². The lowest BCUT2D eigenvalue weighted by molar-refractivity contribution is -0.384. The van der Waals surface area contributed by atoms with Gasteiger partial charge in [0.2, 0.25) is 5.91 Å². The van der Waals surface area contributed by atoms with Crippen LogP contribution in [0.2, 0.25) is 0 Å². The monoisotopic (exact) mass is 442 g/mol. The molecule has 2 aromatic carbocycles. The van der Waals surface area contributed by atoms with Crippen LogP contribution in [0.25, 0.3) is 0 Å². The first kappa shape index (κ1) is 21.8. The smallest absolute Gasteiger partial charge is 0.272 e. The van der Waals surface area contributed by atoms with Crippen LogP contribution < -0.4 is 16.5 Å². The molecule has 1 aromatic heterocycles. The summed E-state index contributed by atoms with van der Waals surface area (Å²) >= 11 is 1.05. The minimum Gasteiger partial charge on any atom is -0.272 e. The Bertz CT molecular complexity index is 1130. The van der Waals surface area contributed by atoms with Gasteiger partial charge in [-0.05, 0) is 24.1 Å². The molecule has 0 spiro atoms. The van der Waals surface area contributed by atoms with E-state index >= 15 is 0 Å². The second-order valence-electron chi connectivity index (χ2n) is 6.29. The number of thioether (sulfide) groups is 1. The van der Waals surface area contributed by atoms with E-state index in [0.29, 0.717) is 18.1 Å². The highest BCUT2D eigenvalue weighted by Crippen LogP contribution is 2.14. The van der Waals surface area contributed by atoms with Crippen molar-refractivity contribution in [1.29, 1.82) is 0 Å². The highest BCUT2D eigenvalue weighted by atomic mass is 32.2. The lowest BCUT2D eigenvalue weighted by atomic mass is 10.1. The summed E-state index contributed by atoms with van der Waals surface area (Å²) in [7, 11) is 0. The first-order valence-electron chi connectivity index (χ1n) is 9.09. The highest BCUT2D eigenvalue weighted by molar-refractivity contribution is 7.99. The Morgan fingerprint density at radius 1 is 1.10 bits per heavy atom. The molecular formula is C19H18N6O5S. The number of aryl methyl sites for hydroxylation is 1. The summed E-state index contributed by atoms with van der Waals surface area (Å²) in [6, 6.07) is 14.6. The number of nitrogens with zero attached hydrogens (tertiary/aromatic N) is 3. The second-order valence-corrected chi connectivity index (χ2v) is 7.24. The number of hydrazine groups is 1. The molecule has 11 nitrogen and oxygen atoms in total. The van der Waals surface area contributed by atoms with Crippen LogP contribution in [0, 0.1) is 10.1 Å². The zero-order valence-corrected chi connectivity index (χ0v) is 16.9. The molecule has 0 atom stereocenters. The van der Waals surface area contributed by atoms with Crippen LogP contribution in [0.5, 0.6) is 0 Å². The molecule has 0 aliphatic carbocycles. The van der Waals surface area contributed by atoms with Crippen LogP contribution >= 0.6 is 11.8 Å². The lowest BCUT2D eigenvalue weighted by Crippen LogP contribution is -2.42. The fourth-order valence-electron chi connectivity index (χ4n) is 2.60. The van der Waals surface area contributed by atoms with E-state index in [1.165, 1.54) is 28.8 Å². The molecule has 0 aliphatic rings. The number of benzene rings is 2. The van der Waals surface area contributed by atoms with Crippen molar-refractivity contribution in [3.05, 3.63) is 86.3 Å². The molecule has 31 heavy (non-hydrogen) atoms. The van der Waals surface area contributed by atoms with E-state index in [2.05, 4.69) is 21.0 Å². The topological polar surface area (TPSA) is 152 Å². The van der Waals surface area contributed by atoms with E-state index in [1.807, 2.05) is 30.3 Å². The Labute approximate surface area is 180 Å². The molecule has 160 valence electrons. The number of carbonyl (C=O) groups excluding carboxylic acids is 2. The first-order chi connectivity index (χ1) is 14.9. The van der Waals surface area contributed by atoms with Gasteiger partial charge in [-0.1, -0.05) is 42.1 Å². The number of aromatic nitrogens is 3. The number of amides is 2. The van der Waals surface area contributed by atoms with Crippen molar-refractivity contribution in [2.24, 2.45) is 0 Å². The molecule has 3 aromatic rings. The van der Waals surface area contributed by atoms with Gasteiger partial charge < -0.3 is 0 Å². The molecular weight excluding hydrogens is 424 g/mol. The summed E-state index contributed by atoms with van der Waals surface area (Å²) in [5, 5.41) is 17.3. The number of aromatic amines is 1. The normalized spacial score (nSPS) is 10.5. The van der Waals surface area contributed by atoms with Gasteiger partial charge in [0.25, 0.3) is 11.6 Å². The predicted molar refractivity (Wildman–Crippen MR) is 112 cm³/mol. The third-order valence-electron chi connectivity index (χ3n) is 4.18. The number of non-ortho nitro benzene ring substituents is 1. The van der Waals surface area contributed by atoms with Gasteiger partial charge in [-0.25, -0.2) is 9.89 Å². The van der Waals surface area contributed by atoms with Gasteiger partial charge in [-0.2, -0.15) is 0 Å². The molecule has 0 bridgehead atoms. The fraction of sp³-hybridized carbons (Fsp3) is 0.158. The van der Waals surface area contributed by atoms with Gasteiger partial charge in [0, 0.05) is 24.2 Å². The average Bonchev–Trinajstić information content (AvgIpc) is 3.14. The van der Waals surface area contributed by atoms with Crippen LogP contribution in [0.3, 0.4) is 0 Å². The van der Waals surface area contributed by atoms with Gasteiger partial charge in [0.05, 0.1) is 10.7 Å². The van der Waals surface area contributed by atoms with Crippen LogP contribution in [0.15, 0.2) is 64.5 Å². The maximum Gasteiger partial charge on any atom is 0.343 e. The summed E-state index contributed by atoms with van der Waals surface area (Å²) in [4.78, 5) is 46.1. The van der Waals surface area contributed by atoms with Gasteiger partial charge >= 0.3 is 5.69 Å². The van der Waals surface area contributed by atoms with E-state index in [9.17, 15) is 24.5 Å². The molecule has 0 saturated heterocycles. The predicted octanol–water partition coefficient (Wildman–Crippen LogP) is 1.28. The molecule has 2 amide bonds. The van der Waals surface area contributed by atoms with E-state index < -0.39 is 16.7 Å². The molecule has 3 rings (SSSR count). The fourth-order valence-corrected chi connectivity index (χ4v) is 3.37.